The molecule has 4 nitrogen and oxygen atoms in total. The van der Waals surface area contributed by atoms with E-state index in [1.807, 2.05) is 48.5 Å². The summed E-state index contributed by atoms with van der Waals surface area (Å²) in [4.78, 5) is 12.4. The van der Waals surface area contributed by atoms with Gasteiger partial charge in [-0.1, -0.05) is 54.1 Å². The highest BCUT2D eigenvalue weighted by Gasteiger charge is 2.13. The Hall–Kier alpha value is -2.85. The van der Waals surface area contributed by atoms with Gasteiger partial charge in [-0.2, -0.15) is 5.10 Å². The van der Waals surface area contributed by atoms with Gasteiger partial charge < -0.3 is 4.74 Å². The first-order valence-corrected chi connectivity index (χ1v) is 7.71. The highest BCUT2D eigenvalue weighted by Crippen LogP contribution is 2.25. The molecule has 0 saturated heterocycles. The molecule has 0 spiro atoms. The van der Waals surface area contributed by atoms with Gasteiger partial charge in [0.05, 0.1) is 18.9 Å². The van der Waals surface area contributed by atoms with Gasteiger partial charge in [0.2, 0.25) is 0 Å². The molecule has 0 bridgehead atoms. The summed E-state index contributed by atoms with van der Waals surface area (Å²) in [5.41, 5.74) is 3.66. The minimum absolute atomic E-state index is 0.346. The maximum Gasteiger partial charge on any atom is 0.275 e. The summed E-state index contributed by atoms with van der Waals surface area (Å²) in [6.07, 6.45) is 1.51. The van der Waals surface area contributed by atoms with Crippen molar-refractivity contribution in [1.29, 1.82) is 0 Å². The normalized spacial score (nSPS) is 10.9. The highest BCUT2D eigenvalue weighted by atomic mass is 35.5. The summed E-state index contributed by atoms with van der Waals surface area (Å²) in [6.45, 7) is 0. The molecular weight excluding hydrogens is 324 g/mol. The van der Waals surface area contributed by atoms with E-state index in [-0.39, 0.29) is 5.91 Å². The topological polar surface area (TPSA) is 50.7 Å². The number of methoxy groups -OCH3 is 1. The van der Waals surface area contributed by atoms with Crippen molar-refractivity contribution in [3.05, 3.63) is 76.8 Å². The molecule has 0 radical (unpaired) electrons. The molecule has 120 valence electrons. The van der Waals surface area contributed by atoms with Gasteiger partial charge in [-0.3, -0.25) is 4.79 Å². The van der Waals surface area contributed by atoms with Crippen molar-refractivity contribution in [2.45, 2.75) is 0 Å². The summed E-state index contributed by atoms with van der Waals surface area (Å²) in [5, 5.41) is 6.50. The maximum absolute atomic E-state index is 12.4. The molecule has 24 heavy (non-hydrogen) atoms. The Kier molecular flexibility index (Phi) is 4.77. The third-order valence-corrected chi connectivity index (χ3v) is 3.93. The second-order valence-corrected chi connectivity index (χ2v) is 5.53. The molecule has 0 aliphatic heterocycles. The van der Waals surface area contributed by atoms with Crippen LogP contribution >= 0.6 is 11.6 Å². The maximum atomic E-state index is 12.4. The minimum Gasteiger partial charge on any atom is -0.496 e. The van der Waals surface area contributed by atoms with Gasteiger partial charge in [-0.05, 0) is 29.0 Å². The van der Waals surface area contributed by atoms with Crippen LogP contribution in [-0.2, 0) is 0 Å². The number of benzene rings is 3. The molecule has 5 heteroatoms. The quantitative estimate of drug-likeness (QED) is 0.570. The van der Waals surface area contributed by atoms with Gasteiger partial charge >= 0.3 is 0 Å². The molecule has 3 rings (SSSR count). The van der Waals surface area contributed by atoms with Crippen LogP contribution in [0.2, 0.25) is 5.02 Å². The molecule has 3 aromatic rings. The fourth-order valence-corrected chi connectivity index (χ4v) is 2.55. The van der Waals surface area contributed by atoms with Crippen LogP contribution in [0, 0.1) is 0 Å². The van der Waals surface area contributed by atoms with Crippen molar-refractivity contribution in [3.8, 4) is 5.75 Å². The number of hydrazone groups is 1. The summed E-state index contributed by atoms with van der Waals surface area (Å²) in [6, 6.07) is 18.6. The van der Waals surface area contributed by atoms with E-state index in [1.165, 1.54) is 13.3 Å². The smallest absolute Gasteiger partial charge is 0.275 e. The predicted molar refractivity (Wildman–Crippen MR) is 97.0 cm³/mol. The molecule has 0 heterocycles. The lowest BCUT2D eigenvalue weighted by atomic mass is 10.1. The molecule has 0 saturated carbocycles. The fraction of sp³-hybridized carbons (Fsp3) is 0.0526. The van der Waals surface area contributed by atoms with Crippen molar-refractivity contribution in [2.24, 2.45) is 5.10 Å². The van der Waals surface area contributed by atoms with Crippen molar-refractivity contribution >= 4 is 34.5 Å². The summed E-state index contributed by atoms with van der Waals surface area (Å²) in [5.74, 6) is 0.153. The number of nitrogens with one attached hydrogen (secondary N) is 1. The number of ether oxygens (including phenoxy) is 1. The standard InChI is InChI=1S/C19H15ClN2O2/c1-24-18-11-14-7-3-2-6-13(14)10-16(18)19(23)22-21-12-15-8-4-5-9-17(15)20/h2-12H,1H3,(H,22,23)/b21-12+. The van der Waals surface area contributed by atoms with Crippen LogP contribution in [0.3, 0.4) is 0 Å². The number of hydrogen-bond acceptors (Lipinski definition) is 3. The second-order valence-electron chi connectivity index (χ2n) is 5.12. The molecule has 0 fully saturated rings. The zero-order valence-corrected chi connectivity index (χ0v) is 13.7. The Labute approximate surface area is 144 Å². The van der Waals surface area contributed by atoms with Crippen LogP contribution in [0.5, 0.6) is 5.75 Å². The van der Waals surface area contributed by atoms with Gasteiger partial charge in [0.15, 0.2) is 0 Å². The Balaban J connectivity index is 1.84. The van der Waals surface area contributed by atoms with E-state index < -0.39 is 0 Å². The van der Waals surface area contributed by atoms with Crippen LogP contribution in [0.1, 0.15) is 15.9 Å². The van der Waals surface area contributed by atoms with Crippen molar-refractivity contribution in [1.82, 2.24) is 5.43 Å². The number of halogens is 1. The number of amides is 1. The Morgan fingerprint density at radius 2 is 1.75 bits per heavy atom. The monoisotopic (exact) mass is 338 g/mol. The summed E-state index contributed by atoms with van der Waals surface area (Å²) < 4.78 is 5.32. The van der Waals surface area contributed by atoms with Gasteiger partial charge in [-0.15, -0.1) is 0 Å². The fourth-order valence-electron chi connectivity index (χ4n) is 2.37. The molecule has 0 aliphatic rings. The van der Waals surface area contributed by atoms with Crippen LogP contribution in [0.25, 0.3) is 10.8 Å². The average Bonchev–Trinajstić information content (AvgIpc) is 2.62. The van der Waals surface area contributed by atoms with Crippen LogP contribution in [0.15, 0.2) is 65.8 Å². The van der Waals surface area contributed by atoms with E-state index in [0.717, 1.165) is 16.3 Å². The lowest BCUT2D eigenvalue weighted by Gasteiger charge is -2.09. The van der Waals surface area contributed by atoms with Crippen molar-refractivity contribution in [3.63, 3.8) is 0 Å². The number of nitrogens with zero attached hydrogens (tertiary/aromatic N) is 1. The molecule has 0 aliphatic carbocycles. The lowest BCUT2D eigenvalue weighted by Crippen LogP contribution is -2.18. The molecule has 3 aromatic carbocycles. The Morgan fingerprint density at radius 1 is 1.08 bits per heavy atom. The van der Waals surface area contributed by atoms with Crippen molar-refractivity contribution < 1.29 is 9.53 Å². The minimum atomic E-state index is -0.346. The molecule has 1 N–H and O–H groups in total. The summed E-state index contributed by atoms with van der Waals surface area (Å²) in [7, 11) is 1.54. The van der Waals surface area contributed by atoms with E-state index in [2.05, 4.69) is 10.5 Å². The Bertz CT molecular complexity index is 922. The number of fused-ring (bicyclic) bond motifs is 1. The number of rotatable bonds is 4. The summed E-state index contributed by atoms with van der Waals surface area (Å²) >= 11 is 6.05. The van der Waals surface area contributed by atoms with E-state index in [4.69, 9.17) is 16.3 Å². The number of hydrogen-bond donors (Lipinski definition) is 1. The van der Waals surface area contributed by atoms with Crippen LogP contribution in [-0.4, -0.2) is 19.2 Å². The second kappa shape index (κ2) is 7.15. The Morgan fingerprint density at radius 3 is 2.46 bits per heavy atom. The first-order valence-electron chi connectivity index (χ1n) is 7.34. The predicted octanol–water partition coefficient (Wildman–Crippen LogP) is 4.27. The molecule has 0 atom stereocenters. The van der Waals surface area contributed by atoms with Crippen LogP contribution < -0.4 is 10.2 Å². The van der Waals surface area contributed by atoms with Gasteiger partial charge in [0.1, 0.15) is 5.75 Å². The lowest BCUT2D eigenvalue weighted by molar-refractivity contribution is 0.0952. The highest BCUT2D eigenvalue weighted by molar-refractivity contribution is 6.33. The number of carbonyl (C=O) groups is 1. The molecule has 0 unspecified atom stereocenters. The zero-order chi connectivity index (χ0) is 16.9. The third-order valence-electron chi connectivity index (χ3n) is 3.59. The van der Waals surface area contributed by atoms with Crippen LogP contribution in [0.4, 0.5) is 0 Å². The largest absolute Gasteiger partial charge is 0.496 e. The third kappa shape index (κ3) is 3.39. The SMILES string of the molecule is COc1cc2ccccc2cc1C(=O)N/N=C/c1ccccc1Cl. The van der Waals surface area contributed by atoms with Crippen molar-refractivity contribution in [2.75, 3.05) is 7.11 Å². The van der Waals surface area contributed by atoms with Gasteiger partial charge in [0, 0.05) is 10.6 Å². The van der Waals surface area contributed by atoms with Gasteiger partial charge in [-0.25, -0.2) is 5.43 Å². The van der Waals surface area contributed by atoms with E-state index in [0.29, 0.717) is 16.3 Å². The van der Waals surface area contributed by atoms with E-state index in [1.54, 1.807) is 12.1 Å². The molecule has 0 aromatic heterocycles. The first-order chi connectivity index (χ1) is 11.7. The average molecular weight is 339 g/mol. The van der Waals surface area contributed by atoms with E-state index >= 15 is 0 Å². The van der Waals surface area contributed by atoms with Gasteiger partial charge in [0.25, 0.3) is 5.91 Å². The first kappa shape index (κ1) is 16.0. The molecular formula is C19H15ClN2O2. The molecule has 1 amide bonds. The zero-order valence-electron chi connectivity index (χ0n) is 13.0. The number of carbonyl (C=O) groups excluding carboxylic acids is 1. The van der Waals surface area contributed by atoms with E-state index in [9.17, 15) is 4.79 Å².